The molecule has 0 radical (unpaired) electrons. The zero-order valence-corrected chi connectivity index (χ0v) is 14.5. The molecule has 1 unspecified atom stereocenters. The summed E-state index contributed by atoms with van der Waals surface area (Å²) in [5.41, 5.74) is 5.43. The standard InChI is InChI=1S/C13H17.3CH2O2.Ti/c1-3-7-12-10(5-1)9-11-6-2-4-8-13(11)12;3*2-1-3;/h5H,1-4,6-9H2;3*1H,(H,2,3);/q;;;;+3/p-3. The van der Waals surface area contributed by atoms with Crippen LogP contribution < -0.4 is 0 Å². The van der Waals surface area contributed by atoms with Crippen LogP contribution in [0.4, 0.5) is 0 Å². The van der Waals surface area contributed by atoms with Crippen molar-refractivity contribution < 1.29 is 42.1 Å². The first-order valence-electron chi connectivity index (χ1n) is 8.03. The molecule has 0 N–H and O–H groups in total. The number of carbonyl (C=O) groups excluding carboxylic acids is 3. The zero-order chi connectivity index (χ0) is 16.3. The summed E-state index contributed by atoms with van der Waals surface area (Å²) >= 11 is -4.35. The van der Waals surface area contributed by atoms with E-state index >= 15 is 0 Å². The van der Waals surface area contributed by atoms with Gasteiger partial charge in [-0.2, -0.15) is 0 Å². The molecule has 0 spiro atoms. The van der Waals surface area contributed by atoms with E-state index in [1.807, 2.05) is 0 Å². The van der Waals surface area contributed by atoms with Crippen molar-refractivity contribution in [2.75, 3.05) is 0 Å². The second-order valence-electron chi connectivity index (χ2n) is 6.16. The Morgan fingerprint density at radius 2 is 1.43 bits per heavy atom. The van der Waals surface area contributed by atoms with Crippen molar-refractivity contribution in [2.24, 2.45) is 0 Å². The van der Waals surface area contributed by atoms with Gasteiger partial charge in [0.25, 0.3) is 0 Å². The van der Waals surface area contributed by atoms with E-state index in [-0.39, 0.29) is 23.6 Å². The predicted octanol–water partition coefficient (Wildman–Crippen LogP) is 2.95. The average molecular weight is 356 g/mol. The van der Waals surface area contributed by atoms with Gasteiger partial charge in [0.2, 0.25) is 0 Å². The van der Waals surface area contributed by atoms with Crippen LogP contribution in [0.25, 0.3) is 0 Å². The summed E-state index contributed by atoms with van der Waals surface area (Å²) in [7, 11) is 0. The van der Waals surface area contributed by atoms with Crippen LogP contribution in [0.3, 0.4) is 0 Å². The number of hydrogen-bond acceptors (Lipinski definition) is 6. The number of carbonyl (C=O) groups is 3. The van der Waals surface area contributed by atoms with Crippen molar-refractivity contribution in [1.29, 1.82) is 0 Å². The van der Waals surface area contributed by atoms with Crippen molar-refractivity contribution in [1.82, 2.24) is 0 Å². The summed E-state index contributed by atoms with van der Waals surface area (Å²) in [5, 5.41) is 0. The van der Waals surface area contributed by atoms with Gasteiger partial charge in [0.1, 0.15) is 0 Å². The van der Waals surface area contributed by atoms with Gasteiger partial charge in [0.15, 0.2) is 0 Å². The summed E-state index contributed by atoms with van der Waals surface area (Å²) in [4.78, 5) is 32.9. The molecular weight excluding hydrogens is 336 g/mol. The summed E-state index contributed by atoms with van der Waals surface area (Å²) < 4.78 is 15.2. The predicted molar refractivity (Wildman–Crippen MR) is 76.2 cm³/mol. The van der Waals surface area contributed by atoms with Crippen LogP contribution in [0, 0.1) is 0 Å². The van der Waals surface area contributed by atoms with E-state index < -0.39 is 17.8 Å². The third-order valence-corrected chi connectivity index (χ3v) is 9.46. The Hall–Kier alpha value is -1.40. The van der Waals surface area contributed by atoms with Crippen molar-refractivity contribution in [3.63, 3.8) is 0 Å². The fourth-order valence-electron chi connectivity index (χ4n) is 4.28. The molecule has 6 nitrogen and oxygen atoms in total. The Morgan fingerprint density at radius 1 is 0.826 bits per heavy atom. The first-order chi connectivity index (χ1) is 11.3. The summed E-state index contributed by atoms with van der Waals surface area (Å²) in [6.07, 6.45) is 8.09. The third kappa shape index (κ3) is 2.90. The summed E-state index contributed by atoms with van der Waals surface area (Å²) in [5.74, 6) is 0. The van der Waals surface area contributed by atoms with E-state index in [0.29, 0.717) is 0 Å². The maximum atomic E-state index is 11.0. The van der Waals surface area contributed by atoms with Crippen LogP contribution in [0.5, 0.6) is 0 Å². The van der Waals surface area contributed by atoms with Gasteiger partial charge in [0, 0.05) is 0 Å². The van der Waals surface area contributed by atoms with Crippen molar-refractivity contribution in [3.8, 4) is 0 Å². The average Bonchev–Trinajstić information content (AvgIpc) is 2.94. The molecule has 3 aliphatic carbocycles. The van der Waals surface area contributed by atoms with Gasteiger partial charge in [-0.05, 0) is 0 Å². The first kappa shape index (κ1) is 16.5. The van der Waals surface area contributed by atoms with Gasteiger partial charge in [-0.15, -0.1) is 0 Å². The zero-order valence-electron chi connectivity index (χ0n) is 12.9. The van der Waals surface area contributed by atoms with E-state index in [9.17, 15) is 14.4 Å². The van der Waals surface area contributed by atoms with Gasteiger partial charge < -0.3 is 0 Å². The molecule has 0 aromatic carbocycles. The van der Waals surface area contributed by atoms with Gasteiger partial charge in [0.05, 0.1) is 0 Å². The van der Waals surface area contributed by atoms with Gasteiger partial charge >= 0.3 is 139 Å². The minimum atomic E-state index is -4.35. The van der Waals surface area contributed by atoms with Gasteiger partial charge in [-0.25, -0.2) is 0 Å². The van der Waals surface area contributed by atoms with Crippen LogP contribution in [0.15, 0.2) is 22.3 Å². The monoisotopic (exact) mass is 356 g/mol. The Balaban J connectivity index is 1.97. The molecule has 3 aliphatic rings. The summed E-state index contributed by atoms with van der Waals surface area (Å²) in [6, 6.07) is 0. The van der Waals surface area contributed by atoms with Crippen molar-refractivity contribution >= 4 is 19.4 Å². The number of hydrogen-bond donors (Lipinski definition) is 0. The van der Waals surface area contributed by atoms with E-state index in [4.69, 9.17) is 9.96 Å². The normalized spacial score (nSPS) is 23.7. The van der Waals surface area contributed by atoms with Crippen molar-refractivity contribution in [3.05, 3.63) is 22.3 Å². The third-order valence-electron chi connectivity index (χ3n) is 5.14. The topological polar surface area (TPSA) is 78.9 Å². The van der Waals surface area contributed by atoms with Crippen LogP contribution in [-0.4, -0.2) is 19.4 Å². The number of rotatable bonds is 7. The van der Waals surface area contributed by atoms with Gasteiger partial charge in [-0.3, -0.25) is 0 Å². The number of allylic oxidation sites excluding steroid dienone is 4. The molecule has 3 rings (SSSR count). The molecule has 7 heteroatoms. The molecule has 23 heavy (non-hydrogen) atoms. The SMILES string of the molecule is O=C[O][Ti]([O]C=O)([O]C=O)[CH]1CCCC2=C1CC1=C2CCCC1. The van der Waals surface area contributed by atoms with Crippen LogP contribution >= 0.6 is 0 Å². The van der Waals surface area contributed by atoms with E-state index in [0.717, 1.165) is 38.5 Å². The van der Waals surface area contributed by atoms with E-state index in [2.05, 4.69) is 0 Å². The Morgan fingerprint density at radius 3 is 2.09 bits per heavy atom. The second-order valence-corrected chi connectivity index (χ2v) is 10.2. The summed E-state index contributed by atoms with van der Waals surface area (Å²) in [6.45, 7) is 0.721. The Labute approximate surface area is 139 Å². The molecule has 0 aromatic heterocycles. The molecule has 0 amide bonds. The fourth-order valence-corrected chi connectivity index (χ4v) is 7.91. The molecule has 0 fully saturated rings. The Kier molecular flexibility index (Phi) is 5.02. The van der Waals surface area contributed by atoms with Crippen molar-refractivity contribution in [2.45, 2.75) is 55.6 Å². The molecule has 0 heterocycles. The minimum absolute atomic E-state index is 0.240. The molecule has 124 valence electrons. The molecular formula is C16H20O6Ti. The van der Waals surface area contributed by atoms with Crippen LogP contribution in [-0.2, 0) is 42.1 Å². The Bertz CT molecular complexity index is 553. The molecule has 0 saturated carbocycles. The van der Waals surface area contributed by atoms with Crippen LogP contribution in [0.1, 0.15) is 51.4 Å². The van der Waals surface area contributed by atoms with E-state index in [1.165, 1.54) is 35.1 Å². The molecule has 1 atom stereocenters. The van der Waals surface area contributed by atoms with Gasteiger partial charge in [-0.1, -0.05) is 0 Å². The van der Waals surface area contributed by atoms with Crippen LogP contribution in [0.2, 0.25) is 4.22 Å². The molecule has 0 saturated heterocycles. The first-order valence-corrected chi connectivity index (χ1v) is 10.8. The quantitative estimate of drug-likeness (QED) is 0.516. The maximum absolute atomic E-state index is 11.0. The number of fused-ring (bicyclic) bond motifs is 1. The molecule has 0 aliphatic heterocycles. The molecule has 0 aromatic rings. The molecule has 0 bridgehead atoms. The second kappa shape index (κ2) is 7.01. The fraction of sp³-hybridized carbons (Fsp3) is 0.562. The van der Waals surface area contributed by atoms with E-state index in [1.54, 1.807) is 0 Å².